The molecule has 7 nitrogen and oxygen atoms in total. The fourth-order valence-electron chi connectivity index (χ4n) is 3.88. The van der Waals surface area contributed by atoms with Gasteiger partial charge >= 0.3 is 0 Å². The molecule has 1 heterocycles. The van der Waals surface area contributed by atoms with E-state index in [9.17, 15) is 31.9 Å². The molecule has 172 valence electrons. The van der Waals surface area contributed by atoms with Crippen LogP contribution in [0, 0.1) is 18.6 Å². The first kappa shape index (κ1) is 23.3. The third-order valence-electron chi connectivity index (χ3n) is 5.39. The zero-order chi connectivity index (χ0) is 24.0. The number of ketones is 1. The number of aromatic nitrogens is 1. The first-order valence-corrected chi connectivity index (χ1v) is 9.53. The van der Waals surface area contributed by atoms with Crippen molar-refractivity contribution in [1.82, 2.24) is 9.88 Å². The summed E-state index contributed by atoms with van der Waals surface area (Å²) in [6.45, 7) is 2.90. The van der Waals surface area contributed by atoms with E-state index in [1.54, 1.807) is 0 Å². The molecule has 2 aromatic rings. The van der Waals surface area contributed by atoms with Crippen molar-refractivity contribution in [3.63, 3.8) is 0 Å². The van der Waals surface area contributed by atoms with E-state index in [-0.39, 0.29) is 28.4 Å². The van der Waals surface area contributed by atoms with Crippen LogP contribution in [0.1, 0.15) is 46.3 Å². The lowest BCUT2D eigenvalue weighted by Crippen LogP contribution is -2.61. The molecule has 0 unspecified atom stereocenters. The van der Waals surface area contributed by atoms with Gasteiger partial charge < -0.3 is 19.9 Å². The van der Waals surface area contributed by atoms with Gasteiger partial charge in [0.15, 0.2) is 17.4 Å². The van der Waals surface area contributed by atoms with E-state index < -0.39 is 53.5 Å². The van der Waals surface area contributed by atoms with Gasteiger partial charge in [-0.15, -0.1) is 0 Å². The lowest BCUT2D eigenvalue weighted by Gasteiger charge is -2.45. The molecule has 1 aliphatic carbocycles. The standard InChI is InChI=1S/C21H21F4N3O4/c1-10-14(18(30)26-11-5-6-12(22)13(23)7-11)17(32-4)15(28(10)3)16(29)19(31)27-20(2)8-21(24,25)9-20/h5-7H,8-9H2,1-4H3,(H,26,30)(H,27,31). The number of carbonyl (C=O) groups excluding carboxylic acids is 3. The highest BCUT2D eigenvalue weighted by molar-refractivity contribution is 6.43. The summed E-state index contributed by atoms with van der Waals surface area (Å²) < 4.78 is 59.5. The zero-order valence-electron chi connectivity index (χ0n) is 17.7. The number of Topliss-reactive ketones (excluding diaryl/α,β-unsaturated/α-hetero) is 1. The minimum absolute atomic E-state index is 0.0383. The van der Waals surface area contributed by atoms with E-state index in [0.717, 1.165) is 18.2 Å². The third kappa shape index (κ3) is 4.19. The number of halogens is 4. The molecule has 1 fully saturated rings. The van der Waals surface area contributed by atoms with E-state index in [1.807, 2.05) is 0 Å². The van der Waals surface area contributed by atoms with Crippen LogP contribution in [0.25, 0.3) is 0 Å². The van der Waals surface area contributed by atoms with Gasteiger partial charge in [-0.05, 0) is 26.0 Å². The van der Waals surface area contributed by atoms with Crippen molar-refractivity contribution in [1.29, 1.82) is 0 Å². The summed E-state index contributed by atoms with van der Waals surface area (Å²) in [4.78, 5) is 38.1. The first-order chi connectivity index (χ1) is 14.8. The second kappa shape index (κ2) is 7.95. The second-order valence-corrected chi connectivity index (χ2v) is 8.04. The Morgan fingerprint density at radius 2 is 1.75 bits per heavy atom. The molecule has 1 saturated carbocycles. The summed E-state index contributed by atoms with van der Waals surface area (Å²) in [5, 5.41) is 4.70. The molecule has 0 spiro atoms. The van der Waals surface area contributed by atoms with E-state index in [4.69, 9.17) is 4.74 Å². The monoisotopic (exact) mass is 455 g/mol. The van der Waals surface area contributed by atoms with Crippen molar-refractivity contribution in [3.8, 4) is 5.75 Å². The predicted molar refractivity (Wildman–Crippen MR) is 106 cm³/mol. The maximum Gasteiger partial charge on any atom is 0.294 e. The number of nitrogens with one attached hydrogen (secondary N) is 2. The Labute approximate surface area is 180 Å². The first-order valence-electron chi connectivity index (χ1n) is 9.53. The number of alkyl halides is 2. The molecule has 32 heavy (non-hydrogen) atoms. The summed E-state index contributed by atoms with van der Waals surface area (Å²) in [6, 6.07) is 2.77. The van der Waals surface area contributed by atoms with Gasteiger partial charge in [0.05, 0.1) is 7.11 Å². The van der Waals surface area contributed by atoms with Crippen molar-refractivity contribution < 1.29 is 36.7 Å². The lowest BCUT2D eigenvalue weighted by atomic mass is 9.75. The molecular formula is C21H21F4N3O4. The Morgan fingerprint density at radius 1 is 1.12 bits per heavy atom. The van der Waals surface area contributed by atoms with Gasteiger partial charge in [0, 0.05) is 42.9 Å². The van der Waals surface area contributed by atoms with E-state index in [1.165, 1.54) is 32.6 Å². The molecule has 11 heteroatoms. The van der Waals surface area contributed by atoms with Crippen LogP contribution in [0.3, 0.4) is 0 Å². The molecule has 0 saturated heterocycles. The quantitative estimate of drug-likeness (QED) is 0.397. The Bertz CT molecular complexity index is 1120. The molecule has 3 rings (SSSR count). The molecule has 1 aliphatic rings. The van der Waals surface area contributed by atoms with Crippen LogP contribution >= 0.6 is 0 Å². The Kier molecular flexibility index (Phi) is 5.79. The minimum atomic E-state index is -2.91. The number of rotatable bonds is 6. The average Bonchev–Trinajstić information content (AvgIpc) is 2.92. The summed E-state index contributed by atoms with van der Waals surface area (Å²) in [5.41, 5.74) is -1.37. The van der Waals surface area contributed by atoms with Crippen molar-refractivity contribution in [2.45, 2.75) is 38.2 Å². The molecular weight excluding hydrogens is 434 g/mol. The van der Waals surface area contributed by atoms with Crippen molar-refractivity contribution >= 4 is 23.3 Å². The van der Waals surface area contributed by atoms with Crippen LogP contribution in [0.5, 0.6) is 5.75 Å². The van der Waals surface area contributed by atoms with Gasteiger partial charge in [-0.1, -0.05) is 0 Å². The van der Waals surface area contributed by atoms with Crippen molar-refractivity contribution in [3.05, 3.63) is 46.8 Å². The van der Waals surface area contributed by atoms with E-state index >= 15 is 0 Å². The summed E-state index contributed by atoms with van der Waals surface area (Å²) >= 11 is 0. The topological polar surface area (TPSA) is 89.4 Å². The van der Waals surface area contributed by atoms with Crippen LogP contribution < -0.4 is 15.4 Å². The van der Waals surface area contributed by atoms with Gasteiger partial charge in [0.2, 0.25) is 0 Å². The maximum atomic E-state index is 13.4. The normalized spacial score (nSPS) is 16.1. The zero-order valence-corrected chi connectivity index (χ0v) is 17.7. The summed E-state index contributed by atoms with van der Waals surface area (Å²) in [5.74, 6) is -8.35. The van der Waals surface area contributed by atoms with Gasteiger partial charge in [0.25, 0.3) is 23.5 Å². The Morgan fingerprint density at radius 3 is 2.28 bits per heavy atom. The fourth-order valence-corrected chi connectivity index (χ4v) is 3.88. The SMILES string of the molecule is COc1c(C(=O)Nc2ccc(F)c(F)c2)c(C)n(C)c1C(=O)C(=O)NC1(C)CC(F)(F)C1. The predicted octanol–water partition coefficient (Wildman–Crippen LogP) is 3.36. The highest BCUT2D eigenvalue weighted by Crippen LogP contribution is 2.45. The van der Waals surface area contributed by atoms with E-state index in [0.29, 0.717) is 0 Å². The number of anilines is 1. The van der Waals surface area contributed by atoms with Gasteiger partial charge in [-0.3, -0.25) is 14.4 Å². The lowest BCUT2D eigenvalue weighted by molar-refractivity contribution is -0.140. The van der Waals surface area contributed by atoms with Crippen molar-refractivity contribution in [2.75, 3.05) is 12.4 Å². The number of carbonyl (C=O) groups is 3. The van der Waals surface area contributed by atoms with Gasteiger partial charge in [-0.2, -0.15) is 0 Å². The molecule has 0 radical (unpaired) electrons. The number of hydrogen-bond donors (Lipinski definition) is 2. The molecule has 0 atom stereocenters. The number of nitrogens with zero attached hydrogens (tertiary/aromatic N) is 1. The molecule has 0 bridgehead atoms. The highest BCUT2D eigenvalue weighted by atomic mass is 19.3. The number of hydrogen-bond acceptors (Lipinski definition) is 4. The number of benzene rings is 1. The molecule has 2 amide bonds. The Balaban J connectivity index is 1.89. The van der Waals surface area contributed by atoms with Crippen LogP contribution in [-0.4, -0.2) is 40.7 Å². The molecule has 1 aromatic heterocycles. The highest BCUT2D eigenvalue weighted by Gasteiger charge is 2.55. The number of ether oxygens (including phenoxy) is 1. The summed E-state index contributed by atoms with van der Waals surface area (Å²) in [6.07, 6.45) is -1.19. The summed E-state index contributed by atoms with van der Waals surface area (Å²) in [7, 11) is 2.61. The van der Waals surface area contributed by atoms with Crippen LogP contribution in [0.15, 0.2) is 18.2 Å². The van der Waals surface area contributed by atoms with Gasteiger partial charge in [-0.25, -0.2) is 17.6 Å². The molecule has 0 aliphatic heterocycles. The van der Waals surface area contributed by atoms with Crippen LogP contribution in [0.2, 0.25) is 0 Å². The minimum Gasteiger partial charge on any atom is -0.493 e. The maximum absolute atomic E-state index is 13.4. The van der Waals surface area contributed by atoms with Crippen LogP contribution in [-0.2, 0) is 11.8 Å². The Hall–Kier alpha value is -3.37. The molecule has 2 N–H and O–H groups in total. The smallest absolute Gasteiger partial charge is 0.294 e. The number of amides is 2. The third-order valence-corrected chi connectivity index (χ3v) is 5.39. The largest absolute Gasteiger partial charge is 0.493 e. The fraction of sp³-hybridized carbons (Fsp3) is 0.381. The van der Waals surface area contributed by atoms with Crippen LogP contribution in [0.4, 0.5) is 23.2 Å². The second-order valence-electron chi connectivity index (χ2n) is 8.04. The average molecular weight is 455 g/mol. The van der Waals surface area contributed by atoms with Crippen molar-refractivity contribution in [2.24, 2.45) is 7.05 Å². The van der Waals surface area contributed by atoms with Gasteiger partial charge in [0.1, 0.15) is 11.3 Å². The van der Waals surface area contributed by atoms with E-state index in [2.05, 4.69) is 10.6 Å². The molecule has 1 aromatic carbocycles. The number of methoxy groups -OCH3 is 1.